The molecule has 0 fully saturated rings. The molecule has 0 radical (unpaired) electrons. The summed E-state index contributed by atoms with van der Waals surface area (Å²) in [5.74, 6) is -1.80. The summed E-state index contributed by atoms with van der Waals surface area (Å²) in [6.45, 7) is 4.50. The van der Waals surface area contributed by atoms with Gasteiger partial charge in [-0.25, -0.2) is 0 Å². The molecule has 0 aliphatic heterocycles. The molecule has 57 heavy (non-hydrogen) atoms. The van der Waals surface area contributed by atoms with Gasteiger partial charge in [0.25, 0.3) is 0 Å². The normalized spacial score (nSPS) is 13.2. The van der Waals surface area contributed by atoms with Crippen LogP contribution in [0.15, 0.2) is 36.5 Å². The van der Waals surface area contributed by atoms with Gasteiger partial charge < -0.3 is 28.6 Å². The molecular formula is C49H89NO7. The molecular weight excluding hydrogens is 715 g/mol. The highest BCUT2D eigenvalue weighted by atomic mass is 16.6. The lowest BCUT2D eigenvalue weighted by molar-refractivity contribution is -0.889. The molecule has 0 aromatic heterocycles. The van der Waals surface area contributed by atoms with Crippen molar-refractivity contribution in [2.45, 2.75) is 219 Å². The number of ether oxygens (including phenoxy) is 3. The molecule has 0 aliphatic rings. The molecule has 0 saturated carbocycles. The SMILES string of the molecule is CC/C=C/C/C=C/C/C=C/CCCC(=O)OC(COCCC(C(=O)[O-])[N+](C)(C)C)COC(=O)CCCCCCCCCCCCCCCCCCCCCCCC. The quantitative estimate of drug-likeness (QED) is 0.0262. The van der Waals surface area contributed by atoms with E-state index in [4.69, 9.17) is 14.2 Å². The van der Waals surface area contributed by atoms with E-state index in [0.717, 1.165) is 44.9 Å². The van der Waals surface area contributed by atoms with E-state index >= 15 is 0 Å². The third kappa shape index (κ3) is 38.8. The third-order valence-electron chi connectivity index (χ3n) is 10.5. The number of rotatable bonds is 42. The van der Waals surface area contributed by atoms with Gasteiger partial charge in [-0.2, -0.15) is 0 Å². The largest absolute Gasteiger partial charge is 0.544 e. The van der Waals surface area contributed by atoms with Crippen LogP contribution in [0.5, 0.6) is 0 Å². The summed E-state index contributed by atoms with van der Waals surface area (Å²) in [6, 6.07) is -0.732. The van der Waals surface area contributed by atoms with Crippen LogP contribution in [0.1, 0.15) is 206 Å². The van der Waals surface area contributed by atoms with Gasteiger partial charge in [0, 0.05) is 19.3 Å². The van der Waals surface area contributed by atoms with Crippen LogP contribution in [0.4, 0.5) is 0 Å². The number of esters is 2. The first-order valence-electron chi connectivity index (χ1n) is 23.5. The number of carboxylic acid groups (broad SMARTS) is 1. The standard InChI is InChI=1S/C49H89NO7/c1-6-8-10-12-14-16-18-19-20-21-22-23-24-25-26-27-28-30-31-33-35-37-39-47(51)56-44-45(43-55-42-41-46(49(53)54)50(3,4)5)57-48(52)40-38-36-34-32-29-17-15-13-11-9-7-2/h9,11,15,17,32,34,45-46H,6-8,10,12-14,16,18-31,33,35-44H2,1-5H3/b11-9+,17-15+,34-32+. The Hall–Kier alpha value is -2.45. The van der Waals surface area contributed by atoms with Gasteiger partial charge in [0.2, 0.25) is 0 Å². The van der Waals surface area contributed by atoms with Gasteiger partial charge in [0.05, 0.1) is 40.3 Å². The Kier molecular flexibility index (Phi) is 38.6. The van der Waals surface area contributed by atoms with Crippen molar-refractivity contribution in [1.82, 2.24) is 0 Å². The summed E-state index contributed by atoms with van der Waals surface area (Å²) in [5, 5.41) is 11.6. The first-order valence-corrected chi connectivity index (χ1v) is 23.5. The summed E-state index contributed by atoms with van der Waals surface area (Å²) in [7, 11) is 5.39. The maximum atomic E-state index is 12.7. The van der Waals surface area contributed by atoms with Crippen LogP contribution in [0.3, 0.4) is 0 Å². The number of carbonyl (C=O) groups excluding carboxylic acids is 3. The number of nitrogens with zero attached hydrogens (tertiary/aromatic N) is 1. The van der Waals surface area contributed by atoms with Gasteiger partial charge in [-0.15, -0.1) is 0 Å². The second-order valence-corrected chi connectivity index (χ2v) is 17.0. The average molecular weight is 804 g/mol. The molecule has 0 heterocycles. The van der Waals surface area contributed by atoms with Crippen molar-refractivity contribution < 1.29 is 38.2 Å². The predicted molar refractivity (Wildman–Crippen MR) is 236 cm³/mol. The Morgan fingerprint density at radius 3 is 1.44 bits per heavy atom. The van der Waals surface area contributed by atoms with Crippen LogP contribution in [-0.2, 0) is 28.6 Å². The van der Waals surface area contributed by atoms with Crippen molar-refractivity contribution in [3.63, 3.8) is 0 Å². The number of hydrogen-bond acceptors (Lipinski definition) is 7. The second kappa shape index (κ2) is 40.3. The van der Waals surface area contributed by atoms with Crippen molar-refractivity contribution >= 4 is 17.9 Å². The number of carbonyl (C=O) groups is 3. The minimum Gasteiger partial charge on any atom is -0.544 e. The van der Waals surface area contributed by atoms with E-state index in [-0.39, 0.29) is 49.1 Å². The van der Waals surface area contributed by atoms with E-state index in [2.05, 4.69) is 50.3 Å². The first-order chi connectivity index (χ1) is 27.6. The molecule has 0 bridgehead atoms. The Balaban J connectivity index is 4.19. The van der Waals surface area contributed by atoms with Crippen molar-refractivity contribution in [2.24, 2.45) is 0 Å². The minimum atomic E-state index is -1.13. The Morgan fingerprint density at radius 1 is 0.544 bits per heavy atom. The fourth-order valence-electron chi connectivity index (χ4n) is 6.92. The third-order valence-corrected chi connectivity index (χ3v) is 10.5. The molecule has 8 nitrogen and oxygen atoms in total. The van der Waals surface area contributed by atoms with Crippen LogP contribution < -0.4 is 5.11 Å². The number of unbranched alkanes of at least 4 members (excludes halogenated alkanes) is 22. The molecule has 0 aliphatic carbocycles. The van der Waals surface area contributed by atoms with Gasteiger partial charge in [-0.3, -0.25) is 9.59 Å². The molecule has 8 heteroatoms. The Labute approximate surface area is 351 Å². The van der Waals surface area contributed by atoms with Gasteiger partial charge in [0.15, 0.2) is 6.10 Å². The number of allylic oxidation sites excluding steroid dienone is 6. The highest BCUT2D eigenvalue weighted by molar-refractivity contribution is 5.70. The number of carboxylic acids is 1. The predicted octanol–water partition coefficient (Wildman–Crippen LogP) is 11.7. The Morgan fingerprint density at radius 2 is 0.982 bits per heavy atom. The molecule has 0 saturated heterocycles. The van der Waals surface area contributed by atoms with Crippen molar-refractivity contribution in [3.05, 3.63) is 36.5 Å². The molecule has 0 spiro atoms. The monoisotopic (exact) mass is 804 g/mol. The van der Waals surface area contributed by atoms with Crippen LogP contribution in [0, 0.1) is 0 Å². The average Bonchev–Trinajstić information content (AvgIpc) is 3.17. The fourth-order valence-corrected chi connectivity index (χ4v) is 6.92. The zero-order chi connectivity index (χ0) is 42.1. The molecule has 0 aromatic rings. The molecule has 0 rings (SSSR count). The second-order valence-electron chi connectivity index (χ2n) is 17.0. The van der Waals surface area contributed by atoms with Gasteiger partial charge in [0.1, 0.15) is 12.6 Å². The smallest absolute Gasteiger partial charge is 0.306 e. The lowest BCUT2D eigenvalue weighted by Gasteiger charge is -2.34. The number of hydrogen-bond donors (Lipinski definition) is 0. The number of quaternary nitrogens is 1. The van der Waals surface area contributed by atoms with E-state index in [1.807, 2.05) is 0 Å². The summed E-state index contributed by atoms with van der Waals surface area (Å²) in [4.78, 5) is 36.8. The van der Waals surface area contributed by atoms with E-state index in [1.165, 1.54) is 122 Å². The fraction of sp³-hybridized carbons (Fsp3) is 0.816. The van der Waals surface area contributed by atoms with Crippen molar-refractivity contribution in [2.75, 3.05) is 41.0 Å². The van der Waals surface area contributed by atoms with Gasteiger partial charge in [-0.1, -0.05) is 185 Å². The molecule has 332 valence electrons. The van der Waals surface area contributed by atoms with Crippen LogP contribution in [0.25, 0.3) is 0 Å². The zero-order valence-corrected chi connectivity index (χ0v) is 37.8. The summed E-state index contributed by atoms with van der Waals surface area (Å²) >= 11 is 0. The molecule has 0 aromatic carbocycles. The van der Waals surface area contributed by atoms with Crippen LogP contribution in [0.2, 0.25) is 0 Å². The zero-order valence-electron chi connectivity index (χ0n) is 37.8. The van der Waals surface area contributed by atoms with E-state index < -0.39 is 18.1 Å². The molecule has 0 amide bonds. The minimum absolute atomic E-state index is 0.0228. The van der Waals surface area contributed by atoms with Gasteiger partial charge in [-0.05, 0) is 38.5 Å². The highest BCUT2D eigenvalue weighted by Gasteiger charge is 2.25. The number of likely N-dealkylation sites (N-methyl/N-ethyl adjacent to an activating group) is 1. The topological polar surface area (TPSA) is 102 Å². The van der Waals surface area contributed by atoms with Crippen LogP contribution >= 0.6 is 0 Å². The van der Waals surface area contributed by atoms with Crippen molar-refractivity contribution in [1.29, 1.82) is 0 Å². The summed E-state index contributed by atoms with van der Waals surface area (Å²) in [5.41, 5.74) is 0. The maximum Gasteiger partial charge on any atom is 0.306 e. The van der Waals surface area contributed by atoms with Crippen LogP contribution in [-0.4, -0.2) is 75.5 Å². The maximum absolute atomic E-state index is 12.7. The molecule has 2 unspecified atom stereocenters. The summed E-state index contributed by atoms with van der Waals surface area (Å²) < 4.78 is 17.1. The van der Waals surface area contributed by atoms with Crippen molar-refractivity contribution in [3.8, 4) is 0 Å². The summed E-state index contributed by atoms with van der Waals surface area (Å²) in [6.07, 6.45) is 46.3. The van der Waals surface area contributed by atoms with E-state index in [0.29, 0.717) is 12.8 Å². The molecule has 2 atom stereocenters. The lowest BCUT2D eigenvalue weighted by Crippen LogP contribution is -2.55. The van der Waals surface area contributed by atoms with E-state index in [1.54, 1.807) is 21.1 Å². The van der Waals surface area contributed by atoms with Gasteiger partial charge >= 0.3 is 11.9 Å². The Bertz CT molecular complexity index is 1030. The highest BCUT2D eigenvalue weighted by Crippen LogP contribution is 2.16. The van der Waals surface area contributed by atoms with E-state index in [9.17, 15) is 19.5 Å². The molecule has 0 N–H and O–H groups in total. The number of aliphatic carboxylic acids is 1. The first kappa shape index (κ1) is 54.6. The lowest BCUT2D eigenvalue weighted by atomic mass is 10.0.